The van der Waals surface area contributed by atoms with Crippen LogP contribution in [0.5, 0.6) is 0 Å². The molecular weight excluding hydrogens is 220 g/mol. The van der Waals surface area contributed by atoms with Gasteiger partial charge in [0, 0.05) is 23.7 Å². The van der Waals surface area contributed by atoms with Crippen molar-refractivity contribution in [2.24, 2.45) is 11.8 Å². The molecule has 1 aromatic rings. The molecule has 90 valence electrons. The molecule has 0 amide bonds. The maximum absolute atomic E-state index is 11.0. The molecular formula is C12H20N2OS. The van der Waals surface area contributed by atoms with Gasteiger partial charge in [-0.15, -0.1) is 0 Å². The van der Waals surface area contributed by atoms with Gasteiger partial charge in [-0.1, -0.05) is 31.6 Å². The lowest BCUT2D eigenvalue weighted by Gasteiger charge is -2.35. The molecule has 0 aliphatic heterocycles. The average molecular weight is 240 g/mol. The minimum Gasteiger partial charge on any atom is -0.315 e. The van der Waals surface area contributed by atoms with Gasteiger partial charge in [0.05, 0.1) is 0 Å². The van der Waals surface area contributed by atoms with Gasteiger partial charge in [-0.2, -0.15) is 0 Å². The van der Waals surface area contributed by atoms with Crippen molar-refractivity contribution < 1.29 is 0 Å². The topological polar surface area (TPSA) is 44.9 Å². The van der Waals surface area contributed by atoms with Gasteiger partial charge < -0.3 is 10.3 Å². The normalized spacial score (nSPS) is 30.5. The van der Waals surface area contributed by atoms with Crippen LogP contribution in [0.1, 0.15) is 38.8 Å². The van der Waals surface area contributed by atoms with Gasteiger partial charge >= 0.3 is 4.87 Å². The Hall–Kier alpha value is -0.610. The fourth-order valence-corrected chi connectivity index (χ4v) is 3.29. The predicted molar refractivity (Wildman–Crippen MR) is 67.7 cm³/mol. The zero-order valence-electron chi connectivity index (χ0n) is 9.95. The standard InChI is InChI=1S/C12H20N2OS/c1-8-4-3-5-9(2)11(8)13-6-10-7-16-12(15)14-10/h7-9,11,13H,3-6H2,1-2H3,(H,14,15). The van der Waals surface area contributed by atoms with E-state index in [1.54, 1.807) is 0 Å². The Morgan fingerprint density at radius 2 is 2.12 bits per heavy atom. The lowest BCUT2D eigenvalue weighted by Crippen LogP contribution is -2.42. The number of rotatable bonds is 3. The number of aromatic nitrogens is 1. The second kappa shape index (κ2) is 5.15. The minimum absolute atomic E-state index is 0.0431. The van der Waals surface area contributed by atoms with Crippen molar-refractivity contribution in [3.8, 4) is 0 Å². The molecule has 2 unspecified atom stereocenters. The van der Waals surface area contributed by atoms with E-state index < -0.39 is 0 Å². The first-order valence-electron chi connectivity index (χ1n) is 6.07. The number of aromatic amines is 1. The largest absolute Gasteiger partial charge is 0.315 e. The fourth-order valence-electron chi connectivity index (χ4n) is 2.71. The van der Waals surface area contributed by atoms with E-state index in [1.807, 2.05) is 5.38 Å². The molecule has 0 saturated heterocycles. The van der Waals surface area contributed by atoms with E-state index in [0.717, 1.165) is 24.1 Å². The first-order chi connectivity index (χ1) is 7.66. The fraction of sp³-hybridized carbons (Fsp3) is 0.750. The number of nitrogens with one attached hydrogen (secondary N) is 2. The second-order valence-electron chi connectivity index (χ2n) is 4.97. The van der Waals surface area contributed by atoms with Gasteiger partial charge in [-0.05, 0) is 24.7 Å². The Bertz CT molecular complexity index is 374. The molecule has 1 heterocycles. The Morgan fingerprint density at radius 1 is 1.44 bits per heavy atom. The van der Waals surface area contributed by atoms with Crippen molar-refractivity contribution in [2.75, 3.05) is 0 Å². The first-order valence-corrected chi connectivity index (χ1v) is 6.95. The van der Waals surface area contributed by atoms with E-state index in [1.165, 1.54) is 30.6 Å². The summed E-state index contributed by atoms with van der Waals surface area (Å²) in [7, 11) is 0. The summed E-state index contributed by atoms with van der Waals surface area (Å²) in [4.78, 5) is 13.9. The molecule has 3 nitrogen and oxygen atoms in total. The highest BCUT2D eigenvalue weighted by Crippen LogP contribution is 2.28. The highest BCUT2D eigenvalue weighted by molar-refractivity contribution is 7.07. The van der Waals surface area contributed by atoms with Crippen LogP contribution in [-0.2, 0) is 6.54 Å². The number of H-pyrrole nitrogens is 1. The van der Waals surface area contributed by atoms with Crippen molar-refractivity contribution in [1.82, 2.24) is 10.3 Å². The summed E-state index contributed by atoms with van der Waals surface area (Å²) in [5.41, 5.74) is 1.01. The summed E-state index contributed by atoms with van der Waals surface area (Å²) in [5.74, 6) is 1.49. The van der Waals surface area contributed by atoms with Gasteiger partial charge in [0.15, 0.2) is 0 Å². The lowest BCUT2D eigenvalue weighted by atomic mass is 9.79. The molecule has 1 aliphatic rings. The zero-order chi connectivity index (χ0) is 11.5. The van der Waals surface area contributed by atoms with Crippen molar-refractivity contribution >= 4 is 11.3 Å². The summed E-state index contributed by atoms with van der Waals surface area (Å²) in [6.07, 6.45) is 4.00. The van der Waals surface area contributed by atoms with E-state index in [0.29, 0.717) is 6.04 Å². The van der Waals surface area contributed by atoms with Crippen LogP contribution < -0.4 is 10.2 Å². The molecule has 1 saturated carbocycles. The SMILES string of the molecule is CC1CCCC(C)C1NCc1csc(=O)[nH]1. The van der Waals surface area contributed by atoms with Crippen LogP contribution in [0.15, 0.2) is 10.2 Å². The molecule has 1 aliphatic carbocycles. The Kier molecular flexibility index (Phi) is 3.82. The third-order valence-corrected chi connectivity index (χ3v) is 4.36. The average Bonchev–Trinajstić information content (AvgIpc) is 2.63. The highest BCUT2D eigenvalue weighted by atomic mass is 32.1. The molecule has 0 aromatic carbocycles. The number of thiazole rings is 1. The minimum atomic E-state index is 0.0431. The van der Waals surface area contributed by atoms with Gasteiger partial charge in [-0.3, -0.25) is 4.79 Å². The second-order valence-corrected chi connectivity index (χ2v) is 5.81. The quantitative estimate of drug-likeness (QED) is 0.852. The van der Waals surface area contributed by atoms with Crippen LogP contribution in [0.4, 0.5) is 0 Å². The van der Waals surface area contributed by atoms with Crippen LogP contribution in [0.3, 0.4) is 0 Å². The van der Waals surface area contributed by atoms with Crippen LogP contribution >= 0.6 is 11.3 Å². The van der Waals surface area contributed by atoms with E-state index in [4.69, 9.17) is 0 Å². The van der Waals surface area contributed by atoms with Crippen molar-refractivity contribution in [3.05, 3.63) is 20.7 Å². The van der Waals surface area contributed by atoms with E-state index in [9.17, 15) is 4.79 Å². The number of hydrogen-bond acceptors (Lipinski definition) is 3. The van der Waals surface area contributed by atoms with Crippen molar-refractivity contribution in [1.29, 1.82) is 0 Å². The molecule has 1 fully saturated rings. The Labute approximate surface area is 100 Å². The van der Waals surface area contributed by atoms with Gasteiger partial charge in [0.2, 0.25) is 0 Å². The maximum atomic E-state index is 11.0. The summed E-state index contributed by atoms with van der Waals surface area (Å²) in [5, 5.41) is 5.50. The molecule has 4 heteroatoms. The predicted octanol–water partition coefficient (Wildman–Crippen LogP) is 2.35. The van der Waals surface area contributed by atoms with E-state index in [2.05, 4.69) is 24.1 Å². The number of hydrogen-bond donors (Lipinski definition) is 2. The summed E-state index contributed by atoms with van der Waals surface area (Å²) in [6.45, 7) is 5.44. The van der Waals surface area contributed by atoms with Crippen molar-refractivity contribution in [3.63, 3.8) is 0 Å². The third kappa shape index (κ3) is 2.74. The zero-order valence-corrected chi connectivity index (χ0v) is 10.8. The molecule has 1 aromatic heterocycles. The third-order valence-electron chi connectivity index (χ3n) is 3.64. The molecule has 0 radical (unpaired) electrons. The molecule has 16 heavy (non-hydrogen) atoms. The molecule has 2 rings (SSSR count). The van der Waals surface area contributed by atoms with E-state index >= 15 is 0 Å². The molecule has 2 N–H and O–H groups in total. The van der Waals surface area contributed by atoms with Crippen LogP contribution in [0.2, 0.25) is 0 Å². The highest BCUT2D eigenvalue weighted by Gasteiger charge is 2.26. The summed E-state index contributed by atoms with van der Waals surface area (Å²) >= 11 is 1.24. The Balaban J connectivity index is 1.91. The molecule has 2 atom stereocenters. The van der Waals surface area contributed by atoms with Gasteiger partial charge in [0.25, 0.3) is 0 Å². The first kappa shape index (κ1) is 11.9. The lowest BCUT2D eigenvalue weighted by molar-refractivity contribution is 0.207. The molecule has 0 spiro atoms. The smallest absolute Gasteiger partial charge is 0.304 e. The summed E-state index contributed by atoms with van der Waals surface area (Å²) < 4.78 is 0. The summed E-state index contributed by atoms with van der Waals surface area (Å²) in [6, 6.07) is 0.595. The Morgan fingerprint density at radius 3 is 2.69 bits per heavy atom. The van der Waals surface area contributed by atoms with Gasteiger partial charge in [-0.25, -0.2) is 0 Å². The van der Waals surface area contributed by atoms with Crippen molar-refractivity contribution in [2.45, 2.75) is 45.7 Å². The maximum Gasteiger partial charge on any atom is 0.304 e. The van der Waals surface area contributed by atoms with Gasteiger partial charge in [0.1, 0.15) is 0 Å². The van der Waals surface area contributed by atoms with E-state index in [-0.39, 0.29) is 4.87 Å². The van der Waals surface area contributed by atoms with Crippen LogP contribution in [0, 0.1) is 11.8 Å². The van der Waals surface area contributed by atoms with Crippen LogP contribution in [0.25, 0.3) is 0 Å². The molecule has 0 bridgehead atoms. The van der Waals surface area contributed by atoms with Crippen LogP contribution in [-0.4, -0.2) is 11.0 Å². The monoisotopic (exact) mass is 240 g/mol.